The van der Waals surface area contributed by atoms with Crippen LogP contribution in [0.25, 0.3) is 11.1 Å². The average Bonchev–Trinajstić information content (AvgIpc) is 3.35. The Bertz CT molecular complexity index is 1180. The molecule has 1 N–H and O–H groups in total. The standard InChI is InChI=1S/C24H26N2O6S/c1-3-16(32-23(28)15-10-8-11-17-20(15)25-13-31-17)21(27)26-22-19(24(29)30-4-2)14-9-6-5-7-12-18(14)33-22/h8,10-11,13,16H,3-7,9,12H2,1-2H3,(H,26,27). The first-order valence-electron chi connectivity index (χ1n) is 11.2. The van der Waals surface area contributed by atoms with Gasteiger partial charge in [-0.25, -0.2) is 14.6 Å². The summed E-state index contributed by atoms with van der Waals surface area (Å²) in [6.07, 6.45) is 5.29. The Morgan fingerprint density at radius 2 is 1.97 bits per heavy atom. The molecule has 0 radical (unpaired) electrons. The van der Waals surface area contributed by atoms with Gasteiger partial charge in [-0.15, -0.1) is 11.3 Å². The molecule has 3 aromatic rings. The molecule has 1 aliphatic carbocycles. The quantitative estimate of drug-likeness (QED) is 0.386. The predicted molar refractivity (Wildman–Crippen MR) is 124 cm³/mol. The second-order valence-corrected chi connectivity index (χ2v) is 8.89. The maximum atomic E-state index is 13.1. The lowest BCUT2D eigenvalue weighted by Gasteiger charge is -2.16. The van der Waals surface area contributed by atoms with Gasteiger partial charge in [-0.1, -0.05) is 19.4 Å². The number of amides is 1. The van der Waals surface area contributed by atoms with E-state index in [1.807, 2.05) is 0 Å². The Labute approximate surface area is 195 Å². The fourth-order valence-corrected chi connectivity index (χ4v) is 5.29. The van der Waals surface area contributed by atoms with E-state index in [9.17, 15) is 14.4 Å². The molecular weight excluding hydrogens is 444 g/mol. The molecule has 1 unspecified atom stereocenters. The second kappa shape index (κ2) is 10.2. The Kier molecular flexibility index (Phi) is 7.08. The van der Waals surface area contributed by atoms with Crippen molar-refractivity contribution < 1.29 is 28.3 Å². The number of rotatable bonds is 7. The van der Waals surface area contributed by atoms with Crippen LogP contribution >= 0.6 is 11.3 Å². The van der Waals surface area contributed by atoms with Crippen LogP contribution in [0, 0.1) is 0 Å². The SMILES string of the molecule is CCOC(=O)c1c(NC(=O)C(CC)OC(=O)c2cccc3ocnc23)sc2c1CCCCC2. The van der Waals surface area contributed by atoms with Gasteiger partial charge in [0.05, 0.1) is 17.7 Å². The Hall–Kier alpha value is -3.20. The number of anilines is 1. The number of hydrogen-bond acceptors (Lipinski definition) is 8. The van der Waals surface area contributed by atoms with Crippen molar-refractivity contribution in [3.05, 3.63) is 46.2 Å². The Morgan fingerprint density at radius 3 is 2.76 bits per heavy atom. The first-order chi connectivity index (χ1) is 16.0. The number of nitrogens with zero attached hydrogens (tertiary/aromatic N) is 1. The molecule has 1 atom stereocenters. The molecule has 8 nitrogen and oxygen atoms in total. The van der Waals surface area contributed by atoms with Gasteiger partial charge in [-0.2, -0.15) is 0 Å². The number of fused-ring (bicyclic) bond motifs is 2. The number of ether oxygens (including phenoxy) is 2. The Balaban J connectivity index is 1.55. The van der Waals surface area contributed by atoms with Crippen LogP contribution in [0.4, 0.5) is 5.00 Å². The summed E-state index contributed by atoms with van der Waals surface area (Å²) in [7, 11) is 0. The lowest BCUT2D eigenvalue weighted by molar-refractivity contribution is -0.124. The van der Waals surface area contributed by atoms with Crippen LogP contribution < -0.4 is 5.32 Å². The zero-order valence-corrected chi connectivity index (χ0v) is 19.5. The Morgan fingerprint density at radius 1 is 1.15 bits per heavy atom. The van der Waals surface area contributed by atoms with Crippen molar-refractivity contribution in [1.29, 1.82) is 0 Å². The van der Waals surface area contributed by atoms with E-state index in [4.69, 9.17) is 13.9 Å². The molecule has 1 aliphatic rings. The second-order valence-electron chi connectivity index (χ2n) is 7.79. The molecule has 2 heterocycles. The van der Waals surface area contributed by atoms with Crippen molar-refractivity contribution in [2.75, 3.05) is 11.9 Å². The highest BCUT2D eigenvalue weighted by atomic mass is 32.1. The van der Waals surface area contributed by atoms with Crippen molar-refractivity contribution in [2.45, 2.75) is 58.5 Å². The predicted octanol–water partition coefficient (Wildman–Crippen LogP) is 4.91. The molecule has 0 bridgehead atoms. The molecule has 174 valence electrons. The van der Waals surface area contributed by atoms with E-state index in [1.54, 1.807) is 32.0 Å². The molecule has 0 saturated carbocycles. The molecule has 9 heteroatoms. The summed E-state index contributed by atoms with van der Waals surface area (Å²) < 4.78 is 16.0. The number of hydrogen-bond donors (Lipinski definition) is 1. The van der Waals surface area contributed by atoms with Gasteiger partial charge in [0.1, 0.15) is 10.5 Å². The number of carbonyl (C=O) groups is 3. The van der Waals surface area contributed by atoms with Gasteiger partial charge in [0, 0.05) is 4.88 Å². The third kappa shape index (κ3) is 4.78. The van der Waals surface area contributed by atoms with Crippen LogP contribution in [-0.4, -0.2) is 35.5 Å². The summed E-state index contributed by atoms with van der Waals surface area (Å²) in [6.45, 7) is 3.76. The highest BCUT2D eigenvalue weighted by Gasteiger charge is 2.29. The number of aromatic nitrogens is 1. The first kappa shape index (κ1) is 23.0. The van der Waals surface area contributed by atoms with Crippen LogP contribution in [0.15, 0.2) is 29.0 Å². The van der Waals surface area contributed by atoms with Gasteiger partial charge < -0.3 is 19.2 Å². The van der Waals surface area contributed by atoms with Crippen LogP contribution in [0.2, 0.25) is 0 Å². The number of nitrogens with one attached hydrogen (secondary N) is 1. The van der Waals surface area contributed by atoms with Crippen LogP contribution in [0.5, 0.6) is 0 Å². The van der Waals surface area contributed by atoms with Crippen LogP contribution in [-0.2, 0) is 27.1 Å². The number of carbonyl (C=O) groups excluding carboxylic acids is 3. The topological polar surface area (TPSA) is 108 Å². The first-order valence-corrected chi connectivity index (χ1v) is 12.0. The van der Waals surface area contributed by atoms with Gasteiger partial charge in [0.2, 0.25) is 0 Å². The van der Waals surface area contributed by atoms with E-state index in [-0.39, 0.29) is 18.6 Å². The van der Waals surface area contributed by atoms with Gasteiger partial charge >= 0.3 is 11.9 Å². The molecule has 1 amide bonds. The van der Waals surface area contributed by atoms with Crippen LogP contribution in [0.1, 0.15) is 70.7 Å². The summed E-state index contributed by atoms with van der Waals surface area (Å²) in [5, 5.41) is 3.29. The van der Waals surface area contributed by atoms with Gasteiger partial charge in [0.15, 0.2) is 18.1 Å². The molecule has 33 heavy (non-hydrogen) atoms. The molecule has 0 aliphatic heterocycles. The van der Waals surface area contributed by atoms with Crippen LogP contribution in [0.3, 0.4) is 0 Å². The van der Waals surface area contributed by atoms with E-state index in [1.165, 1.54) is 17.7 Å². The maximum absolute atomic E-state index is 13.1. The zero-order valence-electron chi connectivity index (χ0n) is 18.6. The monoisotopic (exact) mass is 470 g/mol. The molecule has 4 rings (SSSR count). The van der Waals surface area contributed by atoms with Crippen molar-refractivity contribution in [3.63, 3.8) is 0 Å². The summed E-state index contributed by atoms with van der Waals surface area (Å²) in [5.41, 5.74) is 2.46. The van der Waals surface area contributed by atoms with Gasteiger partial charge in [-0.3, -0.25) is 4.79 Å². The highest BCUT2D eigenvalue weighted by Crippen LogP contribution is 2.38. The third-order valence-electron chi connectivity index (χ3n) is 5.63. The number of oxazole rings is 1. The van der Waals surface area contributed by atoms with E-state index >= 15 is 0 Å². The summed E-state index contributed by atoms with van der Waals surface area (Å²) in [5.74, 6) is -1.58. The molecule has 0 saturated heterocycles. The number of benzene rings is 1. The molecule has 0 spiro atoms. The fraction of sp³-hybridized carbons (Fsp3) is 0.417. The average molecular weight is 471 g/mol. The normalized spacial score (nSPS) is 14.2. The minimum atomic E-state index is -1.03. The number of aryl methyl sites for hydroxylation is 1. The number of para-hydroxylation sites is 1. The summed E-state index contributed by atoms with van der Waals surface area (Å²) >= 11 is 1.41. The fourth-order valence-electron chi connectivity index (χ4n) is 4.01. The summed E-state index contributed by atoms with van der Waals surface area (Å²) in [4.78, 5) is 43.7. The minimum Gasteiger partial charge on any atom is -0.462 e. The van der Waals surface area contributed by atoms with Gasteiger partial charge in [-0.05, 0) is 56.7 Å². The van der Waals surface area contributed by atoms with E-state index < -0.39 is 23.9 Å². The minimum absolute atomic E-state index is 0.225. The molecular formula is C24H26N2O6S. The van der Waals surface area contributed by atoms with E-state index in [0.717, 1.165) is 42.5 Å². The van der Waals surface area contributed by atoms with Crippen molar-refractivity contribution in [2.24, 2.45) is 0 Å². The van der Waals surface area contributed by atoms with Gasteiger partial charge in [0.25, 0.3) is 5.91 Å². The van der Waals surface area contributed by atoms with Crippen molar-refractivity contribution in [1.82, 2.24) is 4.98 Å². The highest BCUT2D eigenvalue weighted by molar-refractivity contribution is 7.17. The molecule has 0 fully saturated rings. The number of thiophene rings is 1. The van der Waals surface area contributed by atoms with Crippen molar-refractivity contribution in [3.8, 4) is 0 Å². The zero-order chi connectivity index (χ0) is 23.4. The molecule has 1 aromatic carbocycles. The van der Waals surface area contributed by atoms with E-state index in [2.05, 4.69) is 10.3 Å². The lowest BCUT2D eigenvalue weighted by atomic mass is 10.1. The largest absolute Gasteiger partial charge is 0.462 e. The van der Waals surface area contributed by atoms with E-state index in [0.29, 0.717) is 21.7 Å². The summed E-state index contributed by atoms with van der Waals surface area (Å²) in [6, 6.07) is 4.93. The lowest BCUT2D eigenvalue weighted by Crippen LogP contribution is -2.32. The number of esters is 2. The smallest absolute Gasteiger partial charge is 0.341 e. The molecule has 2 aromatic heterocycles. The maximum Gasteiger partial charge on any atom is 0.341 e. The van der Waals surface area contributed by atoms with Crippen molar-refractivity contribution >= 4 is 45.3 Å². The third-order valence-corrected chi connectivity index (χ3v) is 6.84.